The maximum absolute atomic E-state index is 12.0. The van der Waals surface area contributed by atoms with Gasteiger partial charge in [-0.25, -0.2) is 0 Å². The third-order valence-electron chi connectivity index (χ3n) is 4.19. The van der Waals surface area contributed by atoms with Crippen molar-refractivity contribution in [1.82, 2.24) is 0 Å². The molecule has 9 nitrogen and oxygen atoms in total. The van der Waals surface area contributed by atoms with Crippen molar-refractivity contribution in [2.24, 2.45) is 0 Å². The summed E-state index contributed by atoms with van der Waals surface area (Å²) in [5.74, 6) is -0.287. The van der Waals surface area contributed by atoms with E-state index in [1.54, 1.807) is 24.3 Å². The molecule has 0 aliphatic rings. The van der Waals surface area contributed by atoms with Gasteiger partial charge in [-0.15, -0.1) is 0 Å². The van der Waals surface area contributed by atoms with Gasteiger partial charge in [0, 0.05) is 23.5 Å². The van der Waals surface area contributed by atoms with Crippen molar-refractivity contribution in [2.75, 3.05) is 23.8 Å². The van der Waals surface area contributed by atoms with Crippen LogP contribution in [0.2, 0.25) is 0 Å². The summed E-state index contributed by atoms with van der Waals surface area (Å²) < 4.78 is 10.8. The molecule has 0 spiro atoms. The average molecular weight is 435 g/mol. The first-order valence-corrected chi connectivity index (χ1v) is 9.68. The van der Waals surface area contributed by atoms with Crippen LogP contribution in [0.25, 0.3) is 0 Å². The maximum atomic E-state index is 12.0. The van der Waals surface area contributed by atoms with Crippen molar-refractivity contribution in [3.05, 3.63) is 94.5 Å². The number of carbonyl (C=O) groups is 2. The fraction of sp³-hybridized carbons (Fsp3) is 0.130. The molecule has 2 N–H and O–H groups in total. The van der Waals surface area contributed by atoms with Crippen LogP contribution in [-0.2, 0) is 20.9 Å². The van der Waals surface area contributed by atoms with Crippen LogP contribution in [0.1, 0.15) is 5.56 Å². The second-order valence-electron chi connectivity index (χ2n) is 6.70. The maximum Gasteiger partial charge on any atom is 0.271 e. The molecule has 164 valence electrons. The summed E-state index contributed by atoms with van der Waals surface area (Å²) >= 11 is 0. The van der Waals surface area contributed by atoms with Gasteiger partial charge in [0.25, 0.3) is 5.69 Å². The number of nitro groups is 1. The summed E-state index contributed by atoms with van der Waals surface area (Å²) in [5.41, 5.74) is 1.75. The molecule has 0 saturated heterocycles. The Bertz CT molecular complexity index is 1070. The average Bonchev–Trinajstić information content (AvgIpc) is 2.79. The molecule has 0 atom stereocenters. The van der Waals surface area contributed by atoms with Gasteiger partial charge >= 0.3 is 0 Å². The van der Waals surface area contributed by atoms with E-state index >= 15 is 0 Å². The number of rotatable bonds is 10. The Morgan fingerprint density at radius 2 is 1.47 bits per heavy atom. The molecule has 0 radical (unpaired) electrons. The highest BCUT2D eigenvalue weighted by atomic mass is 16.6. The Kier molecular flexibility index (Phi) is 7.88. The predicted molar refractivity (Wildman–Crippen MR) is 118 cm³/mol. The van der Waals surface area contributed by atoms with Gasteiger partial charge in [-0.2, -0.15) is 0 Å². The van der Waals surface area contributed by atoms with Crippen LogP contribution in [0.4, 0.5) is 17.1 Å². The van der Waals surface area contributed by atoms with E-state index in [1.807, 2.05) is 30.3 Å². The van der Waals surface area contributed by atoms with Crippen molar-refractivity contribution < 1.29 is 24.0 Å². The molecule has 0 aromatic heterocycles. The van der Waals surface area contributed by atoms with Crippen LogP contribution >= 0.6 is 0 Å². The molecule has 32 heavy (non-hydrogen) atoms. The normalized spacial score (nSPS) is 10.2. The summed E-state index contributed by atoms with van der Waals surface area (Å²) in [6.45, 7) is -0.254. The molecule has 0 fully saturated rings. The summed E-state index contributed by atoms with van der Waals surface area (Å²) in [6, 6.07) is 22.2. The van der Waals surface area contributed by atoms with E-state index in [4.69, 9.17) is 9.47 Å². The SMILES string of the molecule is O=C(COCC(=O)Nc1cccc([N+](=O)[O-])c1)Nc1ccc(OCc2ccccc2)cc1. The zero-order valence-electron chi connectivity index (χ0n) is 17.0. The van der Waals surface area contributed by atoms with Crippen LogP contribution in [0.3, 0.4) is 0 Å². The highest BCUT2D eigenvalue weighted by Gasteiger charge is 2.10. The number of amides is 2. The molecule has 3 aromatic rings. The number of anilines is 2. The summed E-state index contributed by atoms with van der Waals surface area (Å²) in [6.07, 6.45) is 0. The molecule has 0 aliphatic heterocycles. The zero-order chi connectivity index (χ0) is 22.8. The lowest BCUT2D eigenvalue weighted by atomic mass is 10.2. The molecule has 0 saturated carbocycles. The van der Waals surface area contributed by atoms with E-state index in [1.165, 1.54) is 24.3 Å². The first kappa shape index (κ1) is 22.4. The molecular weight excluding hydrogens is 414 g/mol. The first-order valence-electron chi connectivity index (χ1n) is 9.68. The number of carbonyl (C=O) groups excluding carboxylic acids is 2. The zero-order valence-corrected chi connectivity index (χ0v) is 17.0. The van der Waals surface area contributed by atoms with Crippen LogP contribution in [-0.4, -0.2) is 30.0 Å². The number of benzene rings is 3. The Hall–Kier alpha value is -4.24. The number of hydrogen-bond acceptors (Lipinski definition) is 6. The fourth-order valence-corrected chi connectivity index (χ4v) is 2.70. The minimum Gasteiger partial charge on any atom is -0.489 e. The Labute approximate surface area is 184 Å². The van der Waals surface area contributed by atoms with E-state index in [0.29, 0.717) is 18.0 Å². The molecule has 2 amide bonds. The van der Waals surface area contributed by atoms with Crippen LogP contribution in [0, 0.1) is 10.1 Å². The largest absolute Gasteiger partial charge is 0.489 e. The topological polar surface area (TPSA) is 120 Å². The molecule has 0 bridgehead atoms. The molecule has 3 aromatic carbocycles. The minimum absolute atomic E-state index is 0.139. The Balaban J connectivity index is 1.37. The Morgan fingerprint density at radius 1 is 0.812 bits per heavy atom. The molecule has 0 aliphatic carbocycles. The van der Waals surface area contributed by atoms with Crippen molar-refractivity contribution in [3.8, 4) is 5.75 Å². The van der Waals surface area contributed by atoms with Gasteiger partial charge in [0.05, 0.1) is 4.92 Å². The molecule has 9 heteroatoms. The van der Waals surface area contributed by atoms with E-state index in [0.717, 1.165) is 5.56 Å². The van der Waals surface area contributed by atoms with Gasteiger partial charge in [0.2, 0.25) is 11.8 Å². The first-order chi connectivity index (χ1) is 15.5. The molecule has 3 rings (SSSR count). The van der Waals surface area contributed by atoms with Crippen molar-refractivity contribution >= 4 is 28.9 Å². The van der Waals surface area contributed by atoms with E-state index in [-0.39, 0.29) is 24.6 Å². The van der Waals surface area contributed by atoms with Gasteiger partial charge in [0.1, 0.15) is 25.6 Å². The second kappa shape index (κ2) is 11.2. The molecule has 0 heterocycles. The van der Waals surface area contributed by atoms with E-state index in [9.17, 15) is 19.7 Å². The quantitative estimate of drug-likeness (QED) is 0.370. The standard InChI is InChI=1S/C23H21N3O6/c27-22(15-31-16-23(28)25-19-7-4-8-20(13-19)26(29)30)24-18-9-11-21(12-10-18)32-14-17-5-2-1-3-6-17/h1-13H,14-16H2,(H,24,27)(H,25,28). The van der Waals surface area contributed by atoms with E-state index < -0.39 is 16.7 Å². The molecule has 0 unspecified atom stereocenters. The lowest BCUT2D eigenvalue weighted by molar-refractivity contribution is -0.384. The molecular formula is C23H21N3O6. The number of hydrogen-bond donors (Lipinski definition) is 2. The summed E-state index contributed by atoms with van der Waals surface area (Å²) in [5, 5.41) is 15.9. The van der Waals surface area contributed by atoms with Crippen molar-refractivity contribution in [1.29, 1.82) is 0 Å². The third kappa shape index (κ3) is 7.22. The van der Waals surface area contributed by atoms with Gasteiger partial charge in [-0.05, 0) is 35.9 Å². The minimum atomic E-state index is -0.557. The van der Waals surface area contributed by atoms with Crippen molar-refractivity contribution in [3.63, 3.8) is 0 Å². The predicted octanol–water partition coefficient (Wildman–Crippen LogP) is 3.77. The summed E-state index contributed by atoms with van der Waals surface area (Å²) in [4.78, 5) is 34.1. The lowest BCUT2D eigenvalue weighted by Gasteiger charge is -2.09. The fourth-order valence-electron chi connectivity index (χ4n) is 2.70. The summed E-state index contributed by atoms with van der Waals surface area (Å²) in [7, 11) is 0. The van der Waals surface area contributed by atoms with E-state index in [2.05, 4.69) is 10.6 Å². The van der Waals surface area contributed by atoms with Crippen LogP contribution < -0.4 is 15.4 Å². The highest BCUT2D eigenvalue weighted by Crippen LogP contribution is 2.18. The third-order valence-corrected chi connectivity index (χ3v) is 4.19. The lowest BCUT2D eigenvalue weighted by Crippen LogP contribution is -2.23. The van der Waals surface area contributed by atoms with Crippen molar-refractivity contribution in [2.45, 2.75) is 6.61 Å². The van der Waals surface area contributed by atoms with Gasteiger partial charge in [0.15, 0.2) is 0 Å². The van der Waals surface area contributed by atoms with Crippen LogP contribution in [0.15, 0.2) is 78.9 Å². The van der Waals surface area contributed by atoms with Gasteiger partial charge < -0.3 is 20.1 Å². The smallest absolute Gasteiger partial charge is 0.271 e. The number of nitrogens with one attached hydrogen (secondary N) is 2. The Morgan fingerprint density at radius 3 is 2.12 bits per heavy atom. The number of ether oxygens (including phenoxy) is 2. The number of nitro benzene ring substituents is 1. The second-order valence-corrected chi connectivity index (χ2v) is 6.70. The van der Waals surface area contributed by atoms with Gasteiger partial charge in [-0.1, -0.05) is 36.4 Å². The van der Waals surface area contributed by atoms with Crippen LogP contribution in [0.5, 0.6) is 5.75 Å². The number of non-ortho nitro benzene ring substituents is 1. The number of nitrogens with zero attached hydrogens (tertiary/aromatic N) is 1. The van der Waals surface area contributed by atoms with Gasteiger partial charge in [-0.3, -0.25) is 19.7 Å². The highest BCUT2D eigenvalue weighted by molar-refractivity contribution is 5.93. The monoisotopic (exact) mass is 435 g/mol.